The summed E-state index contributed by atoms with van der Waals surface area (Å²) in [5, 5.41) is 8.25. The van der Waals surface area contributed by atoms with Crippen LogP contribution in [-0.4, -0.2) is 36.9 Å². The topological polar surface area (TPSA) is 90.0 Å². The minimum Gasteiger partial charge on any atom is -0.744 e. The first-order valence-electron chi connectivity index (χ1n) is 5.13. The number of aryl methyl sites for hydroxylation is 1. The molecule has 17 heavy (non-hydrogen) atoms. The van der Waals surface area contributed by atoms with E-state index in [0.717, 1.165) is 5.56 Å². The number of benzene rings is 1. The van der Waals surface area contributed by atoms with Crippen LogP contribution in [0.15, 0.2) is 29.2 Å². The average Bonchev–Trinajstić information content (AvgIpc) is 2.95. The van der Waals surface area contributed by atoms with E-state index in [9.17, 15) is 13.0 Å². The van der Waals surface area contributed by atoms with E-state index in [0.29, 0.717) is 6.10 Å². The molecule has 0 radical (unpaired) electrons. The van der Waals surface area contributed by atoms with E-state index in [1.807, 2.05) is 13.8 Å². The zero-order valence-corrected chi connectivity index (χ0v) is 10.5. The predicted molar refractivity (Wildman–Crippen MR) is 60.6 cm³/mol. The van der Waals surface area contributed by atoms with Crippen LogP contribution in [0.25, 0.3) is 0 Å². The third-order valence-electron chi connectivity index (χ3n) is 2.33. The van der Waals surface area contributed by atoms with Gasteiger partial charge in [-0.15, -0.1) is 0 Å². The van der Waals surface area contributed by atoms with E-state index in [2.05, 4.69) is 0 Å². The Labute approximate surface area is 101 Å². The SMILES string of the molecule is C[C@@H]1O[C@H]1CO.Cc1ccc(S(=O)(=O)[O-])cc1. The Hall–Kier alpha value is -0.950. The number of hydrogen-bond donors (Lipinski definition) is 1. The summed E-state index contributed by atoms with van der Waals surface area (Å²) in [5.41, 5.74) is 0.928. The highest BCUT2D eigenvalue weighted by Crippen LogP contribution is 2.18. The Morgan fingerprint density at radius 3 is 2.06 bits per heavy atom. The minimum absolute atomic E-state index is 0.157. The molecular weight excluding hydrogens is 244 g/mol. The molecule has 2 atom stereocenters. The predicted octanol–water partition coefficient (Wildman–Crippen LogP) is 0.665. The Kier molecular flexibility index (Phi) is 4.64. The molecule has 1 saturated heterocycles. The van der Waals surface area contributed by atoms with Gasteiger partial charge in [-0.2, -0.15) is 0 Å². The molecule has 1 heterocycles. The Bertz CT molecular complexity index is 449. The maximum absolute atomic E-state index is 10.4. The summed E-state index contributed by atoms with van der Waals surface area (Å²) in [4.78, 5) is -0.178. The van der Waals surface area contributed by atoms with Crippen LogP contribution in [-0.2, 0) is 14.9 Å². The van der Waals surface area contributed by atoms with Crippen molar-refractivity contribution in [3.8, 4) is 0 Å². The van der Waals surface area contributed by atoms with Crippen molar-refractivity contribution in [1.29, 1.82) is 0 Å². The molecule has 0 spiro atoms. The van der Waals surface area contributed by atoms with Gasteiger partial charge in [0, 0.05) is 0 Å². The van der Waals surface area contributed by atoms with E-state index in [1.54, 1.807) is 12.1 Å². The zero-order chi connectivity index (χ0) is 13.1. The van der Waals surface area contributed by atoms with Crippen LogP contribution in [0.5, 0.6) is 0 Å². The monoisotopic (exact) mass is 259 g/mol. The van der Waals surface area contributed by atoms with Crippen molar-refractivity contribution in [2.75, 3.05) is 6.61 Å². The molecule has 6 heteroatoms. The number of hydrogen-bond acceptors (Lipinski definition) is 5. The molecule has 0 amide bonds. The third-order valence-corrected chi connectivity index (χ3v) is 3.18. The third kappa shape index (κ3) is 4.82. The Morgan fingerprint density at radius 2 is 1.82 bits per heavy atom. The molecular formula is C11H15O5S-. The first-order chi connectivity index (χ1) is 7.84. The number of ether oxygens (including phenoxy) is 1. The van der Waals surface area contributed by atoms with Crippen molar-refractivity contribution in [2.24, 2.45) is 0 Å². The maximum Gasteiger partial charge on any atom is 0.124 e. The summed E-state index contributed by atoms with van der Waals surface area (Å²) < 4.78 is 36.0. The van der Waals surface area contributed by atoms with Gasteiger partial charge >= 0.3 is 0 Å². The van der Waals surface area contributed by atoms with Crippen molar-refractivity contribution in [2.45, 2.75) is 31.0 Å². The molecule has 0 aliphatic carbocycles. The first-order valence-corrected chi connectivity index (χ1v) is 6.54. The average molecular weight is 259 g/mol. The summed E-state index contributed by atoms with van der Waals surface area (Å²) in [6.45, 7) is 3.95. The van der Waals surface area contributed by atoms with Crippen LogP contribution in [0.3, 0.4) is 0 Å². The number of aliphatic hydroxyl groups excluding tert-OH is 1. The quantitative estimate of drug-likeness (QED) is 0.622. The lowest BCUT2D eigenvalue weighted by Gasteiger charge is -2.05. The molecule has 0 bridgehead atoms. The highest BCUT2D eigenvalue weighted by Gasteiger charge is 2.32. The summed E-state index contributed by atoms with van der Waals surface area (Å²) >= 11 is 0. The van der Waals surface area contributed by atoms with Crippen LogP contribution >= 0.6 is 0 Å². The van der Waals surface area contributed by atoms with E-state index < -0.39 is 10.1 Å². The second-order valence-electron chi connectivity index (χ2n) is 3.83. The molecule has 1 fully saturated rings. The van der Waals surface area contributed by atoms with Crippen LogP contribution in [0.4, 0.5) is 0 Å². The normalized spacial score (nSPS) is 22.6. The molecule has 1 aromatic rings. The summed E-state index contributed by atoms with van der Waals surface area (Å²) in [5.74, 6) is 0. The molecule has 5 nitrogen and oxygen atoms in total. The maximum atomic E-state index is 10.4. The first kappa shape index (κ1) is 14.1. The summed E-state index contributed by atoms with van der Waals surface area (Å²) in [7, 11) is -4.27. The van der Waals surface area contributed by atoms with Crippen molar-refractivity contribution in [3.05, 3.63) is 29.8 Å². The van der Waals surface area contributed by atoms with Gasteiger partial charge in [-0.3, -0.25) is 0 Å². The molecule has 96 valence electrons. The molecule has 0 saturated carbocycles. The standard InChI is InChI=1S/C7H8O3S.C4H8O2/c1-6-2-4-7(5-3-6)11(8,9)10;1-3-4(2-5)6-3/h2-5H,1H3,(H,8,9,10);3-5H,2H2,1H3/p-1/t;3-,4-/m.0/s1. The van der Waals surface area contributed by atoms with E-state index in [-0.39, 0.29) is 17.6 Å². The minimum atomic E-state index is -4.27. The van der Waals surface area contributed by atoms with Gasteiger partial charge in [0.1, 0.15) is 16.2 Å². The van der Waals surface area contributed by atoms with Crippen molar-refractivity contribution >= 4 is 10.1 Å². The Balaban J connectivity index is 0.000000202. The fraction of sp³-hybridized carbons (Fsp3) is 0.455. The largest absolute Gasteiger partial charge is 0.744 e. The molecule has 1 aliphatic heterocycles. The van der Waals surface area contributed by atoms with Crippen LogP contribution < -0.4 is 0 Å². The lowest BCUT2D eigenvalue weighted by atomic mass is 10.2. The number of aliphatic hydroxyl groups is 1. The van der Waals surface area contributed by atoms with Gasteiger partial charge in [-0.25, -0.2) is 8.42 Å². The van der Waals surface area contributed by atoms with E-state index in [1.165, 1.54) is 12.1 Å². The van der Waals surface area contributed by atoms with Crippen LogP contribution in [0.1, 0.15) is 12.5 Å². The lowest BCUT2D eigenvalue weighted by Crippen LogP contribution is -1.97. The molecule has 1 aromatic carbocycles. The Morgan fingerprint density at radius 1 is 1.35 bits per heavy atom. The van der Waals surface area contributed by atoms with Crippen LogP contribution in [0.2, 0.25) is 0 Å². The summed E-state index contributed by atoms with van der Waals surface area (Å²) in [6, 6.07) is 5.78. The van der Waals surface area contributed by atoms with Crippen molar-refractivity contribution in [3.63, 3.8) is 0 Å². The van der Waals surface area contributed by atoms with Gasteiger partial charge in [0.25, 0.3) is 0 Å². The van der Waals surface area contributed by atoms with Gasteiger partial charge in [0.2, 0.25) is 0 Å². The van der Waals surface area contributed by atoms with Crippen LogP contribution in [0, 0.1) is 6.92 Å². The molecule has 1 N–H and O–H groups in total. The molecule has 0 unspecified atom stereocenters. The molecule has 1 aliphatic rings. The van der Waals surface area contributed by atoms with Gasteiger partial charge in [-0.1, -0.05) is 17.7 Å². The second kappa shape index (κ2) is 5.59. The fourth-order valence-corrected chi connectivity index (χ4v) is 1.60. The molecule has 2 rings (SSSR count). The van der Waals surface area contributed by atoms with Gasteiger partial charge in [0.15, 0.2) is 0 Å². The second-order valence-corrected chi connectivity index (χ2v) is 5.21. The van der Waals surface area contributed by atoms with Gasteiger partial charge in [0.05, 0.1) is 17.6 Å². The van der Waals surface area contributed by atoms with Gasteiger partial charge < -0.3 is 14.4 Å². The smallest absolute Gasteiger partial charge is 0.124 e. The molecule has 0 aromatic heterocycles. The summed E-state index contributed by atoms with van der Waals surface area (Å²) in [6.07, 6.45) is 0.472. The van der Waals surface area contributed by atoms with E-state index in [4.69, 9.17) is 9.84 Å². The van der Waals surface area contributed by atoms with Crippen molar-refractivity contribution < 1.29 is 22.8 Å². The van der Waals surface area contributed by atoms with Gasteiger partial charge in [-0.05, 0) is 26.0 Å². The fourth-order valence-electron chi connectivity index (χ4n) is 1.13. The number of rotatable bonds is 2. The highest BCUT2D eigenvalue weighted by atomic mass is 32.2. The zero-order valence-electron chi connectivity index (χ0n) is 9.66. The number of epoxide rings is 1. The van der Waals surface area contributed by atoms with Crippen molar-refractivity contribution in [1.82, 2.24) is 0 Å². The van der Waals surface area contributed by atoms with E-state index >= 15 is 0 Å². The highest BCUT2D eigenvalue weighted by molar-refractivity contribution is 7.85. The lowest BCUT2D eigenvalue weighted by molar-refractivity contribution is 0.242.